The van der Waals surface area contributed by atoms with Crippen LogP contribution < -0.4 is 4.31 Å². The first-order chi connectivity index (χ1) is 11.5. The van der Waals surface area contributed by atoms with Crippen molar-refractivity contribution < 1.29 is 17.9 Å². The van der Waals surface area contributed by atoms with Gasteiger partial charge in [0.05, 0.1) is 17.7 Å². The number of sulfonamides is 1. The molecule has 0 saturated heterocycles. The van der Waals surface area contributed by atoms with Crippen molar-refractivity contribution in [3.63, 3.8) is 0 Å². The lowest BCUT2D eigenvalue weighted by Gasteiger charge is -2.19. The van der Waals surface area contributed by atoms with Gasteiger partial charge in [-0.2, -0.15) is 0 Å². The molecule has 2 aromatic carbocycles. The number of esters is 1. The van der Waals surface area contributed by atoms with Crippen molar-refractivity contribution in [2.45, 2.75) is 11.3 Å². The highest BCUT2D eigenvalue weighted by Crippen LogP contribution is 2.33. The van der Waals surface area contributed by atoms with Crippen LogP contribution >= 0.6 is 0 Å². The van der Waals surface area contributed by atoms with Gasteiger partial charge >= 0.3 is 5.97 Å². The van der Waals surface area contributed by atoms with Gasteiger partial charge in [-0.05, 0) is 47.9 Å². The number of benzene rings is 2. The minimum absolute atomic E-state index is 0.285. The summed E-state index contributed by atoms with van der Waals surface area (Å²) < 4.78 is 31.6. The van der Waals surface area contributed by atoms with Crippen LogP contribution in [0, 0.1) is 0 Å². The molecule has 0 radical (unpaired) electrons. The predicted octanol–water partition coefficient (Wildman–Crippen LogP) is 2.62. The van der Waals surface area contributed by atoms with Gasteiger partial charge in [-0.25, -0.2) is 13.2 Å². The number of methoxy groups -OCH3 is 1. The number of nitrogens with zero attached hydrogens (tertiary/aromatic N) is 1. The Morgan fingerprint density at radius 1 is 1.17 bits per heavy atom. The molecule has 0 saturated carbocycles. The Hall–Kier alpha value is -2.60. The average molecular weight is 343 g/mol. The van der Waals surface area contributed by atoms with E-state index in [1.807, 2.05) is 6.07 Å². The van der Waals surface area contributed by atoms with Gasteiger partial charge in [0, 0.05) is 12.6 Å². The molecule has 0 aromatic heterocycles. The number of carbonyl (C=O) groups excluding carboxylic acids is 1. The summed E-state index contributed by atoms with van der Waals surface area (Å²) in [6.45, 7) is 0.413. The van der Waals surface area contributed by atoms with E-state index in [2.05, 4.69) is 4.74 Å². The average Bonchev–Trinajstić information content (AvgIpc) is 3.04. The van der Waals surface area contributed by atoms with Gasteiger partial charge in [0.1, 0.15) is 0 Å². The van der Waals surface area contributed by atoms with E-state index in [4.69, 9.17) is 0 Å². The van der Waals surface area contributed by atoms with Crippen LogP contribution in [0.3, 0.4) is 0 Å². The SMILES string of the molecule is COC(=O)C=Cc1ccc2c(c1)CCN2S(=O)(=O)c1ccccc1. The Kier molecular flexibility index (Phi) is 4.40. The van der Waals surface area contributed by atoms with Crippen LogP contribution in [0.5, 0.6) is 0 Å². The molecule has 6 heteroatoms. The van der Waals surface area contributed by atoms with Crippen molar-refractivity contribution in [2.24, 2.45) is 0 Å². The third-order valence-electron chi connectivity index (χ3n) is 3.90. The van der Waals surface area contributed by atoms with Crippen LogP contribution in [0.1, 0.15) is 11.1 Å². The molecule has 5 nitrogen and oxygen atoms in total. The first-order valence-electron chi connectivity index (χ1n) is 7.49. The normalized spacial score (nSPS) is 14.0. The first-order valence-corrected chi connectivity index (χ1v) is 8.93. The number of rotatable bonds is 4. The molecular weight excluding hydrogens is 326 g/mol. The number of hydrogen-bond donors (Lipinski definition) is 0. The van der Waals surface area contributed by atoms with Crippen molar-refractivity contribution in [3.05, 3.63) is 65.7 Å². The Morgan fingerprint density at radius 3 is 2.62 bits per heavy atom. The van der Waals surface area contributed by atoms with Crippen LogP contribution in [0.4, 0.5) is 5.69 Å². The van der Waals surface area contributed by atoms with Gasteiger partial charge in [0.15, 0.2) is 0 Å². The second-order valence-corrected chi connectivity index (χ2v) is 7.25. The van der Waals surface area contributed by atoms with Crippen molar-refractivity contribution >= 4 is 27.8 Å². The third-order valence-corrected chi connectivity index (χ3v) is 5.73. The van der Waals surface area contributed by atoms with Gasteiger partial charge in [-0.15, -0.1) is 0 Å². The molecule has 0 spiro atoms. The fourth-order valence-corrected chi connectivity index (χ4v) is 4.22. The molecule has 0 N–H and O–H groups in total. The van der Waals surface area contributed by atoms with Crippen molar-refractivity contribution in [2.75, 3.05) is 18.0 Å². The van der Waals surface area contributed by atoms with E-state index in [9.17, 15) is 13.2 Å². The number of ether oxygens (including phenoxy) is 1. The largest absolute Gasteiger partial charge is 0.466 e. The van der Waals surface area contributed by atoms with Crippen molar-refractivity contribution in [1.82, 2.24) is 0 Å². The fraction of sp³-hybridized carbons (Fsp3) is 0.167. The van der Waals surface area contributed by atoms with E-state index >= 15 is 0 Å². The minimum atomic E-state index is -3.55. The summed E-state index contributed by atoms with van der Waals surface area (Å²) in [4.78, 5) is 11.4. The van der Waals surface area contributed by atoms with Gasteiger partial charge in [0.2, 0.25) is 0 Å². The molecule has 0 fully saturated rings. The lowest BCUT2D eigenvalue weighted by atomic mass is 10.1. The molecule has 2 aromatic rings. The maximum Gasteiger partial charge on any atom is 0.330 e. The smallest absolute Gasteiger partial charge is 0.330 e. The second kappa shape index (κ2) is 6.49. The molecule has 0 amide bonds. The van der Waals surface area contributed by atoms with Crippen molar-refractivity contribution in [1.29, 1.82) is 0 Å². The number of carbonyl (C=O) groups is 1. The Bertz CT molecular complexity index is 888. The Morgan fingerprint density at radius 2 is 1.92 bits per heavy atom. The number of fused-ring (bicyclic) bond motifs is 1. The van der Waals surface area contributed by atoms with E-state index in [1.165, 1.54) is 17.5 Å². The zero-order chi connectivity index (χ0) is 17.2. The quantitative estimate of drug-likeness (QED) is 0.632. The number of hydrogen-bond acceptors (Lipinski definition) is 4. The minimum Gasteiger partial charge on any atom is -0.466 e. The van der Waals surface area contributed by atoms with Crippen LogP contribution in [-0.2, 0) is 26.0 Å². The summed E-state index contributed by atoms with van der Waals surface area (Å²) in [5.41, 5.74) is 2.47. The van der Waals surface area contributed by atoms with Gasteiger partial charge in [0.25, 0.3) is 10.0 Å². The maximum absolute atomic E-state index is 12.8. The van der Waals surface area contributed by atoms with Gasteiger partial charge in [-0.1, -0.05) is 24.3 Å². The van der Waals surface area contributed by atoms with E-state index in [0.717, 1.165) is 11.1 Å². The number of anilines is 1. The van der Waals surface area contributed by atoms with Crippen molar-refractivity contribution in [3.8, 4) is 0 Å². The molecule has 0 atom stereocenters. The molecule has 1 heterocycles. The van der Waals surface area contributed by atoms with Gasteiger partial charge in [-0.3, -0.25) is 4.31 Å². The molecule has 0 aliphatic carbocycles. The van der Waals surface area contributed by atoms with E-state index in [0.29, 0.717) is 18.7 Å². The van der Waals surface area contributed by atoms with Crippen LogP contribution in [0.25, 0.3) is 6.08 Å². The Labute approximate surface area is 141 Å². The summed E-state index contributed by atoms with van der Waals surface area (Å²) in [5, 5.41) is 0. The fourth-order valence-electron chi connectivity index (χ4n) is 2.70. The van der Waals surface area contributed by atoms with Crippen LogP contribution in [0.15, 0.2) is 59.5 Å². The van der Waals surface area contributed by atoms with Crippen LogP contribution in [-0.4, -0.2) is 28.0 Å². The van der Waals surface area contributed by atoms with E-state index < -0.39 is 16.0 Å². The van der Waals surface area contributed by atoms with E-state index in [1.54, 1.807) is 48.5 Å². The molecule has 1 aliphatic rings. The molecule has 124 valence electrons. The Balaban J connectivity index is 1.91. The first kappa shape index (κ1) is 16.3. The van der Waals surface area contributed by atoms with Crippen LogP contribution in [0.2, 0.25) is 0 Å². The topological polar surface area (TPSA) is 63.7 Å². The summed E-state index contributed by atoms with van der Waals surface area (Å²) in [5.74, 6) is -0.427. The third kappa shape index (κ3) is 3.05. The molecule has 1 aliphatic heterocycles. The highest BCUT2D eigenvalue weighted by atomic mass is 32.2. The summed E-state index contributed by atoms with van der Waals surface area (Å²) >= 11 is 0. The summed E-state index contributed by atoms with van der Waals surface area (Å²) in [6.07, 6.45) is 3.64. The predicted molar refractivity (Wildman–Crippen MR) is 92.2 cm³/mol. The highest BCUT2D eigenvalue weighted by Gasteiger charge is 2.30. The second-order valence-electron chi connectivity index (χ2n) is 5.38. The highest BCUT2D eigenvalue weighted by molar-refractivity contribution is 7.92. The standard InChI is InChI=1S/C18H17NO4S/c1-23-18(20)10-8-14-7-9-17-15(13-14)11-12-19(17)24(21,22)16-5-3-2-4-6-16/h2-10,13H,11-12H2,1H3. The molecule has 3 rings (SSSR count). The molecule has 0 unspecified atom stereocenters. The summed E-state index contributed by atoms with van der Waals surface area (Å²) in [6, 6.07) is 13.9. The maximum atomic E-state index is 12.8. The molecule has 24 heavy (non-hydrogen) atoms. The summed E-state index contributed by atoms with van der Waals surface area (Å²) in [7, 11) is -2.23. The lowest BCUT2D eigenvalue weighted by molar-refractivity contribution is -0.134. The zero-order valence-corrected chi connectivity index (χ0v) is 14.0. The molecule has 0 bridgehead atoms. The lowest BCUT2D eigenvalue weighted by Crippen LogP contribution is -2.29. The van der Waals surface area contributed by atoms with Gasteiger partial charge < -0.3 is 4.74 Å². The molecular formula is C18H17NO4S. The van der Waals surface area contributed by atoms with E-state index in [-0.39, 0.29) is 4.90 Å². The zero-order valence-electron chi connectivity index (χ0n) is 13.2. The monoisotopic (exact) mass is 343 g/mol.